The van der Waals surface area contributed by atoms with Gasteiger partial charge in [-0.1, -0.05) is 6.07 Å². The maximum atomic E-state index is 4.83. The molecule has 3 aromatic rings. The number of aryl methyl sites for hydroxylation is 3. The Morgan fingerprint density at radius 3 is 2.61 bits per heavy atom. The summed E-state index contributed by atoms with van der Waals surface area (Å²) in [5.41, 5.74) is 7.75. The Balaban J connectivity index is 2.04. The van der Waals surface area contributed by atoms with E-state index in [4.69, 9.17) is 4.99 Å². The highest BCUT2D eigenvalue weighted by Crippen LogP contribution is 2.28. The molecule has 23 heavy (non-hydrogen) atoms. The molecule has 0 fully saturated rings. The van der Waals surface area contributed by atoms with Gasteiger partial charge in [-0.15, -0.1) is 0 Å². The summed E-state index contributed by atoms with van der Waals surface area (Å²) in [5.74, 6) is 0.970. The van der Waals surface area contributed by atoms with Crippen molar-refractivity contribution in [3.05, 3.63) is 76.6 Å². The van der Waals surface area contributed by atoms with E-state index in [1.54, 1.807) is 0 Å². The monoisotopic (exact) mass is 302 g/mol. The van der Waals surface area contributed by atoms with Crippen molar-refractivity contribution < 1.29 is 0 Å². The smallest absolute Gasteiger partial charge is 0.135 e. The molecule has 0 aliphatic carbocycles. The van der Waals surface area contributed by atoms with Crippen molar-refractivity contribution in [2.45, 2.75) is 27.3 Å². The van der Waals surface area contributed by atoms with E-state index in [2.05, 4.69) is 47.4 Å². The minimum absolute atomic E-state index is 0.562. The summed E-state index contributed by atoms with van der Waals surface area (Å²) in [5, 5.41) is 0. The molecule has 0 radical (unpaired) electrons. The standard InChI is InChI=1S/C19H18N4/c1-12-8-15-17(9-13(12)2)23-14(3)10-21-18(23)11-22-19(15)16-6-4-5-7-20-16/h4-10H,11H2,1-3H3. The van der Waals surface area contributed by atoms with Crippen LogP contribution in [0.2, 0.25) is 0 Å². The van der Waals surface area contributed by atoms with E-state index < -0.39 is 0 Å². The van der Waals surface area contributed by atoms with Crippen molar-refractivity contribution in [2.24, 2.45) is 4.99 Å². The third kappa shape index (κ3) is 2.18. The summed E-state index contributed by atoms with van der Waals surface area (Å²) in [6, 6.07) is 10.4. The number of rotatable bonds is 1. The van der Waals surface area contributed by atoms with E-state index in [1.165, 1.54) is 11.1 Å². The van der Waals surface area contributed by atoms with Gasteiger partial charge in [0.05, 0.1) is 23.6 Å². The lowest BCUT2D eigenvalue weighted by atomic mass is 9.98. The number of pyridine rings is 1. The highest BCUT2D eigenvalue weighted by atomic mass is 15.1. The summed E-state index contributed by atoms with van der Waals surface area (Å²) >= 11 is 0. The van der Waals surface area contributed by atoms with Crippen LogP contribution in [0.15, 0.2) is 47.7 Å². The van der Waals surface area contributed by atoms with Crippen molar-refractivity contribution in [1.29, 1.82) is 0 Å². The fourth-order valence-electron chi connectivity index (χ4n) is 3.06. The number of hydrogen-bond donors (Lipinski definition) is 0. The number of imidazole rings is 1. The van der Waals surface area contributed by atoms with Gasteiger partial charge in [0, 0.05) is 23.7 Å². The zero-order chi connectivity index (χ0) is 16.0. The summed E-state index contributed by atoms with van der Waals surface area (Å²) in [4.78, 5) is 13.9. The van der Waals surface area contributed by atoms with Crippen LogP contribution in [0, 0.1) is 20.8 Å². The molecule has 1 aliphatic rings. The highest BCUT2D eigenvalue weighted by Gasteiger charge is 2.22. The maximum absolute atomic E-state index is 4.83. The largest absolute Gasteiger partial charge is 0.299 e. The molecule has 2 aromatic heterocycles. The predicted molar refractivity (Wildman–Crippen MR) is 91.4 cm³/mol. The molecule has 4 heteroatoms. The number of fused-ring (bicyclic) bond motifs is 3. The lowest BCUT2D eigenvalue weighted by Gasteiger charge is -2.15. The number of benzene rings is 1. The Morgan fingerprint density at radius 1 is 1.00 bits per heavy atom. The van der Waals surface area contributed by atoms with Crippen molar-refractivity contribution in [3.63, 3.8) is 0 Å². The second-order valence-electron chi connectivity index (χ2n) is 5.98. The molecule has 0 bridgehead atoms. The minimum atomic E-state index is 0.562. The van der Waals surface area contributed by atoms with Gasteiger partial charge in [0.25, 0.3) is 0 Å². The van der Waals surface area contributed by atoms with Crippen LogP contribution in [-0.4, -0.2) is 20.2 Å². The average molecular weight is 302 g/mol. The fraction of sp³-hybridized carbons (Fsp3) is 0.211. The van der Waals surface area contributed by atoms with Gasteiger partial charge in [-0.05, 0) is 56.2 Å². The Kier molecular flexibility index (Phi) is 3.11. The van der Waals surface area contributed by atoms with Gasteiger partial charge in [-0.3, -0.25) is 14.5 Å². The van der Waals surface area contributed by atoms with Crippen LogP contribution in [0.3, 0.4) is 0 Å². The quantitative estimate of drug-likeness (QED) is 0.690. The number of nitrogens with zero attached hydrogens (tertiary/aromatic N) is 4. The Hall–Kier alpha value is -2.75. The van der Waals surface area contributed by atoms with E-state index in [-0.39, 0.29) is 0 Å². The van der Waals surface area contributed by atoms with Crippen LogP contribution in [0.4, 0.5) is 0 Å². The Morgan fingerprint density at radius 2 is 1.83 bits per heavy atom. The number of aliphatic imine (C=N–C) groups is 1. The molecule has 3 heterocycles. The minimum Gasteiger partial charge on any atom is -0.299 e. The summed E-state index contributed by atoms with van der Waals surface area (Å²) in [7, 11) is 0. The van der Waals surface area contributed by atoms with Crippen LogP contribution in [0.25, 0.3) is 5.69 Å². The average Bonchev–Trinajstić information content (AvgIpc) is 2.84. The maximum Gasteiger partial charge on any atom is 0.135 e. The van der Waals surface area contributed by atoms with Crippen LogP contribution in [-0.2, 0) is 6.54 Å². The summed E-state index contributed by atoms with van der Waals surface area (Å²) in [6.45, 7) is 6.93. The SMILES string of the molecule is Cc1cc2c(cc1C)-n1c(C)cnc1CN=C2c1ccccn1. The molecule has 4 nitrogen and oxygen atoms in total. The predicted octanol–water partition coefficient (Wildman–Crippen LogP) is 3.54. The van der Waals surface area contributed by atoms with Gasteiger partial charge in [0.2, 0.25) is 0 Å². The molecule has 0 atom stereocenters. The molecule has 0 N–H and O–H groups in total. The van der Waals surface area contributed by atoms with Gasteiger partial charge in [0.15, 0.2) is 0 Å². The van der Waals surface area contributed by atoms with E-state index in [1.807, 2.05) is 30.6 Å². The van der Waals surface area contributed by atoms with Crippen molar-refractivity contribution >= 4 is 5.71 Å². The third-order valence-electron chi connectivity index (χ3n) is 4.41. The summed E-state index contributed by atoms with van der Waals surface area (Å²) < 4.78 is 2.21. The molecule has 0 amide bonds. The van der Waals surface area contributed by atoms with Gasteiger partial charge in [0.1, 0.15) is 5.82 Å². The van der Waals surface area contributed by atoms with Gasteiger partial charge < -0.3 is 0 Å². The fourth-order valence-corrected chi connectivity index (χ4v) is 3.06. The lowest BCUT2D eigenvalue weighted by Crippen LogP contribution is -2.10. The molecule has 0 spiro atoms. The molecule has 0 saturated carbocycles. The normalized spacial score (nSPS) is 13.1. The first-order valence-electron chi connectivity index (χ1n) is 7.76. The molecular formula is C19H18N4. The summed E-state index contributed by atoms with van der Waals surface area (Å²) in [6.07, 6.45) is 3.73. The van der Waals surface area contributed by atoms with Crippen LogP contribution >= 0.6 is 0 Å². The lowest BCUT2D eigenvalue weighted by molar-refractivity contribution is 0.862. The van der Waals surface area contributed by atoms with E-state index in [0.29, 0.717) is 6.54 Å². The Labute approximate surface area is 135 Å². The topological polar surface area (TPSA) is 43.1 Å². The zero-order valence-electron chi connectivity index (χ0n) is 13.5. The first-order valence-corrected chi connectivity index (χ1v) is 7.76. The Bertz CT molecular complexity index is 920. The number of hydrogen-bond acceptors (Lipinski definition) is 3. The van der Waals surface area contributed by atoms with Crippen molar-refractivity contribution in [3.8, 4) is 5.69 Å². The molecule has 0 unspecified atom stereocenters. The van der Waals surface area contributed by atoms with Gasteiger partial charge in [-0.25, -0.2) is 4.98 Å². The van der Waals surface area contributed by atoms with Crippen LogP contribution in [0.5, 0.6) is 0 Å². The van der Waals surface area contributed by atoms with Gasteiger partial charge >= 0.3 is 0 Å². The van der Waals surface area contributed by atoms with Crippen molar-refractivity contribution in [1.82, 2.24) is 14.5 Å². The van der Waals surface area contributed by atoms with Crippen LogP contribution in [0.1, 0.15) is 33.9 Å². The third-order valence-corrected chi connectivity index (χ3v) is 4.41. The first kappa shape index (κ1) is 13.9. The molecule has 0 saturated heterocycles. The highest BCUT2D eigenvalue weighted by molar-refractivity contribution is 6.14. The van der Waals surface area contributed by atoms with Crippen molar-refractivity contribution in [2.75, 3.05) is 0 Å². The van der Waals surface area contributed by atoms with E-state index in [9.17, 15) is 0 Å². The molecule has 114 valence electrons. The molecule has 1 aromatic carbocycles. The first-order chi connectivity index (χ1) is 11.1. The van der Waals surface area contributed by atoms with Crippen LogP contribution < -0.4 is 0 Å². The molecule has 4 rings (SSSR count). The number of aromatic nitrogens is 3. The zero-order valence-corrected chi connectivity index (χ0v) is 13.5. The molecule has 1 aliphatic heterocycles. The second kappa shape index (κ2) is 5.16. The second-order valence-corrected chi connectivity index (χ2v) is 5.98. The van der Waals surface area contributed by atoms with E-state index >= 15 is 0 Å². The van der Waals surface area contributed by atoms with E-state index in [0.717, 1.165) is 34.2 Å². The van der Waals surface area contributed by atoms with Gasteiger partial charge in [-0.2, -0.15) is 0 Å². The molecular weight excluding hydrogens is 284 g/mol.